The number of phenols is 1. The van der Waals surface area contributed by atoms with E-state index in [1.165, 1.54) is 12.1 Å². The van der Waals surface area contributed by atoms with Gasteiger partial charge < -0.3 is 10.2 Å². The fourth-order valence-electron chi connectivity index (χ4n) is 0.989. The molecular formula is C10H10O3. The molecule has 0 atom stereocenters. The van der Waals surface area contributed by atoms with Crippen molar-refractivity contribution in [2.45, 2.75) is 0 Å². The lowest BCUT2D eigenvalue weighted by atomic mass is 10.1. The third kappa shape index (κ3) is 2.16. The zero-order valence-corrected chi connectivity index (χ0v) is 6.97. The SMILES string of the molecule is O=Cc1cccc(C=CCO)c1O. The first-order chi connectivity index (χ1) is 6.29. The van der Waals surface area contributed by atoms with Crippen LogP contribution in [0.15, 0.2) is 24.3 Å². The summed E-state index contributed by atoms with van der Waals surface area (Å²) in [5.74, 6) is -0.0535. The van der Waals surface area contributed by atoms with Crippen LogP contribution >= 0.6 is 0 Å². The summed E-state index contributed by atoms with van der Waals surface area (Å²) in [6.45, 7) is -0.0925. The van der Waals surface area contributed by atoms with Gasteiger partial charge in [0.1, 0.15) is 5.75 Å². The van der Waals surface area contributed by atoms with E-state index in [0.29, 0.717) is 11.8 Å². The van der Waals surface area contributed by atoms with Gasteiger partial charge in [0.05, 0.1) is 12.2 Å². The molecule has 0 aliphatic heterocycles. The first-order valence-electron chi connectivity index (χ1n) is 3.84. The van der Waals surface area contributed by atoms with E-state index in [1.54, 1.807) is 18.2 Å². The van der Waals surface area contributed by atoms with Crippen LogP contribution in [0.2, 0.25) is 0 Å². The maximum Gasteiger partial charge on any atom is 0.153 e. The van der Waals surface area contributed by atoms with E-state index in [0.717, 1.165) is 0 Å². The summed E-state index contributed by atoms with van der Waals surface area (Å²) in [5.41, 5.74) is 0.777. The number of hydrogen-bond acceptors (Lipinski definition) is 3. The Morgan fingerprint density at radius 3 is 2.62 bits per heavy atom. The molecule has 0 saturated heterocycles. The second kappa shape index (κ2) is 4.42. The van der Waals surface area contributed by atoms with E-state index in [9.17, 15) is 9.90 Å². The van der Waals surface area contributed by atoms with Crippen LogP contribution in [0.3, 0.4) is 0 Å². The van der Waals surface area contributed by atoms with E-state index < -0.39 is 0 Å². The summed E-state index contributed by atoms with van der Waals surface area (Å²) >= 11 is 0. The minimum Gasteiger partial charge on any atom is -0.507 e. The predicted molar refractivity (Wildman–Crippen MR) is 49.6 cm³/mol. The van der Waals surface area contributed by atoms with Gasteiger partial charge in [0.15, 0.2) is 6.29 Å². The van der Waals surface area contributed by atoms with Crippen molar-refractivity contribution >= 4 is 12.4 Å². The van der Waals surface area contributed by atoms with Crippen molar-refractivity contribution in [1.82, 2.24) is 0 Å². The van der Waals surface area contributed by atoms with Crippen LogP contribution < -0.4 is 0 Å². The molecule has 0 aliphatic rings. The van der Waals surface area contributed by atoms with Crippen molar-refractivity contribution in [3.63, 3.8) is 0 Å². The van der Waals surface area contributed by atoms with Gasteiger partial charge in [0.25, 0.3) is 0 Å². The van der Waals surface area contributed by atoms with Crippen molar-refractivity contribution in [2.75, 3.05) is 6.61 Å². The van der Waals surface area contributed by atoms with E-state index >= 15 is 0 Å². The van der Waals surface area contributed by atoms with Crippen molar-refractivity contribution in [3.8, 4) is 5.75 Å². The zero-order valence-electron chi connectivity index (χ0n) is 6.97. The average molecular weight is 178 g/mol. The van der Waals surface area contributed by atoms with E-state index in [4.69, 9.17) is 5.11 Å². The third-order valence-electron chi connectivity index (χ3n) is 1.63. The number of hydrogen-bond donors (Lipinski definition) is 2. The molecule has 0 aliphatic carbocycles. The number of aldehydes is 1. The Morgan fingerprint density at radius 2 is 2.00 bits per heavy atom. The van der Waals surface area contributed by atoms with Gasteiger partial charge >= 0.3 is 0 Å². The highest BCUT2D eigenvalue weighted by molar-refractivity contribution is 5.82. The van der Waals surface area contributed by atoms with Crippen LogP contribution in [0.25, 0.3) is 6.08 Å². The summed E-state index contributed by atoms with van der Waals surface area (Å²) in [6.07, 6.45) is 3.64. The van der Waals surface area contributed by atoms with Crippen molar-refractivity contribution < 1.29 is 15.0 Å². The van der Waals surface area contributed by atoms with Crippen LogP contribution in [-0.2, 0) is 0 Å². The van der Waals surface area contributed by atoms with Gasteiger partial charge in [-0.1, -0.05) is 24.3 Å². The van der Waals surface area contributed by atoms with Crippen LogP contribution in [0.4, 0.5) is 0 Å². The van der Waals surface area contributed by atoms with Gasteiger partial charge in [-0.15, -0.1) is 0 Å². The predicted octanol–water partition coefficient (Wildman–Crippen LogP) is 1.21. The summed E-state index contributed by atoms with van der Waals surface area (Å²) in [7, 11) is 0. The van der Waals surface area contributed by atoms with Gasteiger partial charge in [0, 0.05) is 5.56 Å². The number of aromatic hydroxyl groups is 1. The lowest BCUT2D eigenvalue weighted by Crippen LogP contribution is -1.84. The minimum atomic E-state index is -0.0925. The van der Waals surface area contributed by atoms with Crippen molar-refractivity contribution in [1.29, 1.82) is 0 Å². The smallest absolute Gasteiger partial charge is 0.153 e. The second-order valence-corrected chi connectivity index (χ2v) is 2.49. The first-order valence-corrected chi connectivity index (χ1v) is 3.84. The van der Waals surface area contributed by atoms with Gasteiger partial charge in [-0.25, -0.2) is 0 Å². The standard InChI is InChI=1S/C10H10O3/c11-6-2-5-8-3-1-4-9(7-12)10(8)13/h1-5,7,11,13H,6H2. The molecule has 0 heterocycles. The van der Waals surface area contributed by atoms with E-state index in [2.05, 4.69) is 0 Å². The van der Waals surface area contributed by atoms with Gasteiger partial charge in [-0.2, -0.15) is 0 Å². The van der Waals surface area contributed by atoms with Crippen molar-refractivity contribution in [2.24, 2.45) is 0 Å². The van der Waals surface area contributed by atoms with Crippen LogP contribution in [0.5, 0.6) is 5.75 Å². The summed E-state index contributed by atoms with van der Waals surface area (Å²) in [6, 6.07) is 4.85. The molecule has 0 bridgehead atoms. The summed E-state index contributed by atoms with van der Waals surface area (Å²) in [4.78, 5) is 10.4. The number of phenolic OH excluding ortho intramolecular Hbond substituents is 1. The second-order valence-electron chi connectivity index (χ2n) is 2.49. The Kier molecular flexibility index (Phi) is 3.23. The highest BCUT2D eigenvalue weighted by Crippen LogP contribution is 2.21. The Hall–Kier alpha value is -1.61. The molecule has 0 amide bonds. The summed E-state index contributed by atoms with van der Waals surface area (Å²) in [5, 5.41) is 18.0. The number of carbonyl (C=O) groups excluding carboxylic acids is 1. The molecule has 0 radical (unpaired) electrons. The highest BCUT2D eigenvalue weighted by atomic mass is 16.3. The molecule has 1 aromatic carbocycles. The number of para-hydroxylation sites is 1. The molecule has 0 aromatic heterocycles. The van der Waals surface area contributed by atoms with E-state index in [-0.39, 0.29) is 17.9 Å². The number of rotatable bonds is 3. The monoisotopic (exact) mass is 178 g/mol. The first kappa shape index (κ1) is 9.48. The molecule has 3 heteroatoms. The largest absolute Gasteiger partial charge is 0.507 e. The number of benzene rings is 1. The fourth-order valence-corrected chi connectivity index (χ4v) is 0.989. The maximum absolute atomic E-state index is 10.4. The molecule has 68 valence electrons. The Morgan fingerprint density at radius 1 is 1.31 bits per heavy atom. The maximum atomic E-state index is 10.4. The molecule has 3 nitrogen and oxygen atoms in total. The molecular weight excluding hydrogens is 168 g/mol. The lowest BCUT2D eigenvalue weighted by molar-refractivity contribution is 0.112. The van der Waals surface area contributed by atoms with Crippen LogP contribution in [0.1, 0.15) is 15.9 Å². The van der Waals surface area contributed by atoms with Crippen LogP contribution in [0, 0.1) is 0 Å². The highest BCUT2D eigenvalue weighted by Gasteiger charge is 2.02. The number of aliphatic hydroxyl groups excluding tert-OH is 1. The average Bonchev–Trinajstić information content (AvgIpc) is 2.16. The quantitative estimate of drug-likeness (QED) is 0.684. The molecule has 1 rings (SSSR count). The molecule has 0 unspecified atom stereocenters. The molecule has 2 N–H and O–H groups in total. The zero-order chi connectivity index (χ0) is 9.68. The Balaban J connectivity index is 3.08. The molecule has 0 saturated carbocycles. The molecule has 0 spiro atoms. The topological polar surface area (TPSA) is 57.5 Å². The van der Waals surface area contributed by atoms with Gasteiger partial charge in [0.2, 0.25) is 0 Å². The molecule has 1 aromatic rings. The lowest BCUT2D eigenvalue weighted by Gasteiger charge is -2.00. The Bertz CT molecular complexity index is 329. The van der Waals surface area contributed by atoms with E-state index in [1.807, 2.05) is 0 Å². The Labute approximate surface area is 76.0 Å². The number of aliphatic hydroxyl groups is 1. The molecule has 13 heavy (non-hydrogen) atoms. The molecule has 0 fully saturated rings. The minimum absolute atomic E-state index is 0.0535. The van der Waals surface area contributed by atoms with Crippen molar-refractivity contribution in [3.05, 3.63) is 35.4 Å². The fraction of sp³-hybridized carbons (Fsp3) is 0.100. The van der Waals surface area contributed by atoms with Gasteiger partial charge in [-0.05, 0) is 6.07 Å². The summed E-state index contributed by atoms with van der Waals surface area (Å²) < 4.78 is 0. The van der Waals surface area contributed by atoms with Gasteiger partial charge in [-0.3, -0.25) is 4.79 Å². The number of carbonyl (C=O) groups is 1. The van der Waals surface area contributed by atoms with Crippen LogP contribution in [-0.4, -0.2) is 23.1 Å². The normalized spacial score (nSPS) is 10.5. The third-order valence-corrected chi connectivity index (χ3v) is 1.63.